The summed E-state index contributed by atoms with van der Waals surface area (Å²) in [4.78, 5) is 11.3. The van der Waals surface area contributed by atoms with Crippen molar-refractivity contribution in [1.29, 1.82) is 0 Å². The number of alkyl halides is 1. The van der Waals surface area contributed by atoms with E-state index in [1.807, 2.05) is 12.1 Å². The van der Waals surface area contributed by atoms with E-state index < -0.39 is 0 Å². The average molecular weight is 313 g/mol. The number of halogens is 1. The summed E-state index contributed by atoms with van der Waals surface area (Å²) in [6.45, 7) is 8.82. The topological polar surface area (TPSA) is 26.3 Å². The number of ketones is 1. The van der Waals surface area contributed by atoms with E-state index >= 15 is 0 Å². The van der Waals surface area contributed by atoms with Crippen molar-refractivity contribution in [2.24, 2.45) is 11.3 Å². The maximum atomic E-state index is 11.3. The molecule has 0 aliphatic carbocycles. The van der Waals surface area contributed by atoms with Gasteiger partial charge in [0.05, 0.1) is 6.61 Å². The number of benzene rings is 1. The zero-order chi connectivity index (χ0) is 13.8. The van der Waals surface area contributed by atoms with Crippen LogP contribution in [0.3, 0.4) is 0 Å². The molecule has 0 spiro atoms. The molecule has 0 aliphatic heterocycles. The fourth-order valence-corrected chi connectivity index (χ4v) is 2.69. The highest BCUT2D eigenvalue weighted by Gasteiger charge is 2.24. The third-order valence-corrected chi connectivity index (χ3v) is 3.88. The van der Waals surface area contributed by atoms with Crippen LogP contribution in [0.2, 0.25) is 0 Å². The number of Topliss-reactive ketones (excluding diaryl/α,β-unsaturated/α-hetero) is 1. The van der Waals surface area contributed by atoms with Crippen LogP contribution in [-0.4, -0.2) is 17.7 Å². The predicted molar refractivity (Wildman–Crippen MR) is 78.7 cm³/mol. The molecule has 100 valence electrons. The Hall–Kier alpha value is -0.830. The van der Waals surface area contributed by atoms with E-state index in [1.54, 1.807) is 19.1 Å². The van der Waals surface area contributed by atoms with Crippen LogP contribution < -0.4 is 4.74 Å². The van der Waals surface area contributed by atoms with Crippen molar-refractivity contribution >= 4 is 21.7 Å². The van der Waals surface area contributed by atoms with E-state index in [0.717, 1.165) is 11.1 Å². The molecule has 0 saturated carbocycles. The van der Waals surface area contributed by atoms with Gasteiger partial charge in [-0.15, -0.1) is 0 Å². The molecule has 0 aliphatic rings. The lowest BCUT2D eigenvalue weighted by Crippen LogP contribution is -2.27. The Labute approximate surface area is 118 Å². The molecule has 1 aromatic rings. The summed E-state index contributed by atoms with van der Waals surface area (Å²) in [6, 6.07) is 7.35. The molecule has 0 amide bonds. The predicted octanol–water partition coefficient (Wildman–Crippen LogP) is 4.33. The molecule has 1 unspecified atom stereocenters. The second-order valence-electron chi connectivity index (χ2n) is 5.61. The van der Waals surface area contributed by atoms with Crippen LogP contribution in [-0.2, 0) is 0 Å². The van der Waals surface area contributed by atoms with Gasteiger partial charge < -0.3 is 4.74 Å². The highest BCUT2D eigenvalue weighted by Crippen LogP contribution is 2.28. The molecule has 0 saturated heterocycles. The molecule has 0 radical (unpaired) electrons. The first-order valence-electron chi connectivity index (χ1n) is 6.14. The minimum Gasteiger partial charge on any atom is -0.493 e. The van der Waals surface area contributed by atoms with E-state index in [4.69, 9.17) is 4.74 Å². The van der Waals surface area contributed by atoms with Gasteiger partial charge in [0.2, 0.25) is 0 Å². The Kier molecular flexibility index (Phi) is 5.39. The van der Waals surface area contributed by atoms with Crippen LogP contribution in [0.15, 0.2) is 24.3 Å². The first-order chi connectivity index (χ1) is 8.34. The number of ether oxygens (including phenoxy) is 1. The lowest BCUT2D eigenvalue weighted by molar-refractivity contribution is 0.101. The van der Waals surface area contributed by atoms with Crippen molar-refractivity contribution in [3.8, 4) is 5.75 Å². The largest absolute Gasteiger partial charge is 0.493 e. The van der Waals surface area contributed by atoms with Crippen LogP contribution in [0.4, 0.5) is 0 Å². The van der Waals surface area contributed by atoms with Gasteiger partial charge in [0.15, 0.2) is 5.78 Å². The SMILES string of the molecule is CC(=O)c1cccc(OCC(CBr)C(C)(C)C)c1. The first kappa shape index (κ1) is 15.2. The lowest BCUT2D eigenvalue weighted by atomic mass is 9.83. The van der Waals surface area contributed by atoms with E-state index in [9.17, 15) is 4.79 Å². The van der Waals surface area contributed by atoms with Gasteiger partial charge in [-0.05, 0) is 24.5 Å². The summed E-state index contributed by atoms with van der Waals surface area (Å²) in [5, 5.41) is 0.906. The van der Waals surface area contributed by atoms with Gasteiger partial charge >= 0.3 is 0 Å². The average Bonchev–Trinajstić information content (AvgIpc) is 2.28. The maximum absolute atomic E-state index is 11.3. The van der Waals surface area contributed by atoms with Crippen molar-refractivity contribution in [2.75, 3.05) is 11.9 Å². The van der Waals surface area contributed by atoms with Crippen LogP contribution in [0.25, 0.3) is 0 Å². The lowest BCUT2D eigenvalue weighted by Gasteiger charge is -2.29. The summed E-state index contributed by atoms with van der Waals surface area (Å²) in [7, 11) is 0. The van der Waals surface area contributed by atoms with Gasteiger partial charge in [0, 0.05) is 16.8 Å². The zero-order valence-corrected chi connectivity index (χ0v) is 13.1. The molecule has 0 heterocycles. The smallest absolute Gasteiger partial charge is 0.159 e. The first-order valence-corrected chi connectivity index (χ1v) is 7.26. The van der Waals surface area contributed by atoms with E-state index in [2.05, 4.69) is 36.7 Å². The van der Waals surface area contributed by atoms with Crippen LogP contribution in [0.5, 0.6) is 5.75 Å². The van der Waals surface area contributed by atoms with Crippen molar-refractivity contribution in [2.45, 2.75) is 27.7 Å². The Morgan fingerprint density at radius 3 is 2.56 bits per heavy atom. The Morgan fingerprint density at radius 1 is 1.39 bits per heavy atom. The number of hydrogen-bond acceptors (Lipinski definition) is 2. The van der Waals surface area contributed by atoms with E-state index in [1.165, 1.54) is 0 Å². The third-order valence-electron chi connectivity index (χ3n) is 3.10. The summed E-state index contributed by atoms with van der Waals surface area (Å²) < 4.78 is 5.79. The molecule has 0 aromatic heterocycles. The van der Waals surface area contributed by atoms with Crippen LogP contribution in [0.1, 0.15) is 38.1 Å². The highest BCUT2D eigenvalue weighted by atomic mass is 79.9. The maximum Gasteiger partial charge on any atom is 0.159 e. The molecule has 18 heavy (non-hydrogen) atoms. The minimum atomic E-state index is 0.0633. The van der Waals surface area contributed by atoms with Gasteiger partial charge in [-0.3, -0.25) is 4.79 Å². The fourth-order valence-electron chi connectivity index (χ4n) is 1.53. The molecule has 3 heteroatoms. The molecule has 0 N–H and O–H groups in total. The number of carbonyl (C=O) groups excluding carboxylic acids is 1. The fraction of sp³-hybridized carbons (Fsp3) is 0.533. The number of carbonyl (C=O) groups is 1. The van der Waals surface area contributed by atoms with Crippen molar-refractivity contribution < 1.29 is 9.53 Å². The second-order valence-corrected chi connectivity index (χ2v) is 6.26. The number of rotatable bonds is 5. The van der Waals surface area contributed by atoms with Crippen molar-refractivity contribution in [1.82, 2.24) is 0 Å². The molecule has 1 aromatic carbocycles. The van der Waals surface area contributed by atoms with Gasteiger partial charge in [0.1, 0.15) is 5.75 Å². The van der Waals surface area contributed by atoms with Crippen molar-refractivity contribution in [3.05, 3.63) is 29.8 Å². The van der Waals surface area contributed by atoms with Crippen LogP contribution in [0, 0.1) is 11.3 Å². The van der Waals surface area contributed by atoms with E-state index in [0.29, 0.717) is 18.1 Å². The second kappa shape index (κ2) is 6.37. The Bertz CT molecular complexity index is 407. The summed E-state index contributed by atoms with van der Waals surface area (Å²) >= 11 is 3.53. The van der Waals surface area contributed by atoms with Crippen molar-refractivity contribution in [3.63, 3.8) is 0 Å². The summed E-state index contributed by atoms with van der Waals surface area (Å²) in [5.41, 5.74) is 0.889. The van der Waals surface area contributed by atoms with Gasteiger partial charge in [-0.25, -0.2) is 0 Å². The van der Waals surface area contributed by atoms with Gasteiger partial charge in [-0.1, -0.05) is 48.8 Å². The zero-order valence-electron chi connectivity index (χ0n) is 11.5. The quantitative estimate of drug-likeness (QED) is 0.597. The van der Waals surface area contributed by atoms with E-state index in [-0.39, 0.29) is 11.2 Å². The number of hydrogen-bond donors (Lipinski definition) is 0. The molecule has 1 atom stereocenters. The molecular weight excluding hydrogens is 292 g/mol. The van der Waals surface area contributed by atoms with Gasteiger partial charge in [0.25, 0.3) is 0 Å². The summed E-state index contributed by atoms with van der Waals surface area (Å²) in [5.74, 6) is 1.25. The highest BCUT2D eigenvalue weighted by molar-refractivity contribution is 9.09. The standard InChI is InChI=1S/C15H21BrO2/c1-11(17)12-6-5-7-14(8-12)18-10-13(9-16)15(2,3)4/h5-8,13H,9-10H2,1-4H3. The molecule has 0 bridgehead atoms. The molecule has 1 rings (SSSR count). The minimum absolute atomic E-state index is 0.0633. The Morgan fingerprint density at radius 2 is 2.06 bits per heavy atom. The third kappa shape index (κ3) is 4.45. The van der Waals surface area contributed by atoms with Gasteiger partial charge in [-0.2, -0.15) is 0 Å². The monoisotopic (exact) mass is 312 g/mol. The van der Waals surface area contributed by atoms with Crippen LogP contribution >= 0.6 is 15.9 Å². The normalized spacial score (nSPS) is 13.2. The summed E-state index contributed by atoms with van der Waals surface area (Å²) in [6.07, 6.45) is 0. The molecular formula is C15H21BrO2. The Balaban J connectivity index is 2.68. The molecule has 2 nitrogen and oxygen atoms in total. The molecule has 0 fully saturated rings.